The van der Waals surface area contributed by atoms with E-state index in [2.05, 4.69) is 34.3 Å². The maximum Gasteiger partial charge on any atom is 0.251 e. The predicted molar refractivity (Wildman–Crippen MR) is 97.4 cm³/mol. The van der Waals surface area contributed by atoms with E-state index in [1.807, 2.05) is 42.6 Å². The molecule has 2 aromatic heterocycles. The van der Waals surface area contributed by atoms with E-state index in [-0.39, 0.29) is 5.91 Å². The fraction of sp³-hybridized carbons (Fsp3) is 0.150. The lowest BCUT2D eigenvalue weighted by Gasteiger charge is -2.07. The standard InChI is InChI=1S/C20H19N3O/c1-13-14(15-5-2-3-7-19(15)23-13)9-12-22-20(24)17-6-4-8-18-16(17)10-11-21-18/h2-8,10-11,21,23H,9,12H2,1H3,(H,22,24). The minimum absolute atomic E-state index is 0.0299. The molecular formula is C20H19N3O. The molecule has 4 heteroatoms. The number of rotatable bonds is 4. The summed E-state index contributed by atoms with van der Waals surface area (Å²) in [6.07, 6.45) is 2.67. The van der Waals surface area contributed by atoms with Gasteiger partial charge in [-0.2, -0.15) is 0 Å². The van der Waals surface area contributed by atoms with Crippen molar-refractivity contribution in [2.45, 2.75) is 13.3 Å². The van der Waals surface area contributed by atoms with Gasteiger partial charge in [0.05, 0.1) is 0 Å². The summed E-state index contributed by atoms with van der Waals surface area (Å²) in [5.74, 6) is -0.0299. The molecule has 24 heavy (non-hydrogen) atoms. The smallest absolute Gasteiger partial charge is 0.251 e. The molecule has 0 spiro atoms. The van der Waals surface area contributed by atoms with Crippen LogP contribution in [0, 0.1) is 6.92 Å². The van der Waals surface area contributed by atoms with E-state index in [1.54, 1.807) is 0 Å². The Labute approximate surface area is 139 Å². The van der Waals surface area contributed by atoms with E-state index in [0.29, 0.717) is 12.1 Å². The van der Waals surface area contributed by atoms with E-state index < -0.39 is 0 Å². The van der Waals surface area contributed by atoms with Gasteiger partial charge >= 0.3 is 0 Å². The van der Waals surface area contributed by atoms with Crippen molar-refractivity contribution in [1.29, 1.82) is 0 Å². The number of nitrogens with one attached hydrogen (secondary N) is 3. The number of hydrogen-bond acceptors (Lipinski definition) is 1. The van der Waals surface area contributed by atoms with Gasteiger partial charge in [0.1, 0.15) is 0 Å². The van der Waals surface area contributed by atoms with Gasteiger partial charge in [0.25, 0.3) is 5.91 Å². The molecule has 2 aromatic carbocycles. The van der Waals surface area contributed by atoms with Crippen LogP contribution in [0.2, 0.25) is 0 Å². The van der Waals surface area contributed by atoms with Gasteiger partial charge in [0.15, 0.2) is 0 Å². The van der Waals surface area contributed by atoms with E-state index in [9.17, 15) is 4.79 Å². The number of H-pyrrole nitrogens is 2. The lowest BCUT2D eigenvalue weighted by atomic mass is 10.1. The van der Waals surface area contributed by atoms with Crippen LogP contribution in [0.4, 0.5) is 0 Å². The van der Waals surface area contributed by atoms with Crippen molar-refractivity contribution in [2.75, 3.05) is 6.54 Å². The van der Waals surface area contributed by atoms with Gasteiger partial charge in [0.2, 0.25) is 0 Å². The first-order chi connectivity index (χ1) is 11.7. The van der Waals surface area contributed by atoms with Crippen LogP contribution in [0.1, 0.15) is 21.6 Å². The molecule has 4 aromatic rings. The molecule has 1 amide bonds. The van der Waals surface area contributed by atoms with Crippen LogP contribution in [0.5, 0.6) is 0 Å². The van der Waals surface area contributed by atoms with Gasteiger partial charge in [-0.1, -0.05) is 24.3 Å². The normalized spacial score (nSPS) is 11.2. The highest BCUT2D eigenvalue weighted by atomic mass is 16.1. The number of aromatic nitrogens is 2. The van der Waals surface area contributed by atoms with Crippen molar-refractivity contribution in [2.24, 2.45) is 0 Å². The molecule has 120 valence electrons. The molecule has 0 bridgehead atoms. The molecule has 3 N–H and O–H groups in total. The van der Waals surface area contributed by atoms with E-state index in [4.69, 9.17) is 0 Å². The summed E-state index contributed by atoms with van der Waals surface area (Å²) in [4.78, 5) is 19.0. The zero-order valence-electron chi connectivity index (χ0n) is 13.5. The Bertz CT molecular complexity index is 1030. The van der Waals surface area contributed by atoms with Crippen LogP contribution in [0.25, 0.3) is 21.8 Å². The summed E-state index contributed by atoms with van der Waals surface area (Å²) in [7, 11) is 0. The fourth-order valence-electron chi connectivity index (χ4n) is 3.34. The van der Waals surface area contributed by atoms with Crippen LogP contribution in [0.15, 0.2) is 54.7 Å². The summed E-state index contributed by atoms with van der Waals surface area (Å²) in [6, 6.07) is 16.0. The molecule has 0 unspecified atom stereocenters. The number of amides is 1. The van der Waals surface area contributed by atoms with E-state index >= 15 is 0 Å². The second-order valence-electron chi connectivity index (χ2n) is 6.02. The monoisotopic (exact) mass is 317 g/mol. The Morgan fingerprint density at radius 3 is 2.75 bits per heavy atom. The largest absolute Gasteiger partial charge is 0.361 e. The lowest BCUT2D eigenvalue weighted by Crippen LogP contribution is -2.25. The molecule has 2 heterocycles. The average Bonchev–Trinajstić information content (AvgIpc) is 3.19. The van der Waals surface area contributed by atoms with Crippen LogP contribution in [-0.2, 0) is 6.42 Å². The maximum absolute atomic E-state index is 12.5. The Balaban J connectivity index is 1.50. The van der Waals surface area contributed by atoms with Gasteiger partial charge in [-0.05, 0) is 43.2 Å². The minimum atomic E-state index is -0.0299. The van der Waals surface area contributed by atoms with Crippen molar-refractivity contribution in [3.8, 4) is 0 Å². The topological polar surface area (TPSA) is 60.7 Å². The quantitative estimate of drug-likeness (QED) is 0.525. The number of para-hydroxylation sites is 1. The van der Waals surface area contributed by atoms with Crippen molar-refractivity contribution in [3.63, 3.8) is 0 Å². The van der Waals surface area contributed by atoms with Gasteiger partial charge in [-0.3, -0.25) is 4.79 Å². The number of aromatic amines is 2. The summed E-state index contributed by atoms with van der Waals surface area (Å²) in [6.45, 7) is 2.69. The minimum Gasteiger partial charge on any atom is -0.361 e. The van der Waals surface area contributed by atoms with Crippen LogP contribution >= 0.6 is 0 Å². The van der Waals surface area contributed by atoms with Crippen LogP contribution < -0.4 is 5.32 Å². The SMILES string of the molecule is Cc1[nH]c2ccccc2c1CCNC(=O)c1cccc2[nH]ccc12. The highest BCUT2D eigenvalue weighted by Gasteiger charge is 2.11. The third-order valence-electron chi connectivity index (χ3n) is 4.53. The van der Waals surface area contributed by atoms with Gasteiger partial charge in [-0.25, -0.2) is 0 Å². The first kappa shape index (κ1) is 14.6. The number of benzene rings is 2. The number of fused-ring (bicyclic) bond motifs is 2. The molecule has 0 aliphatic heterocycles. The Kier molecular flexibility index (Phi) is 3.58. The molecule has 0 atom stereocenters. The molecule has 0 radical (unpaired) electrons. The number of carbonyl (C=O) groups excluding carboxylic acids is 1. The Morgan fingerprint density at radius 1 is 1.00 bits per heavy atom. The lowest BCUT2D eigenvalue weighted by molar-refractivity contribution is 0.0956. The van der Waals surface area contributed by atoms with E-state index in [1.165, 1.54) is 10.9 Å². The molecule has 0 fully saturated rings. The second kappa shape index (κ2) is 5.89. The van der Waals surface area contributed by atoms with Crippen molar-refractivity contribution >= 4 is 27.7 Å². The highest BCUT2D eigenvalue weighted by molar-refractivity contribution is 6.06. The first-order valence-corrected chi connectivity index (χ1v) is 8.14. The van der Waals surface area contributed by atoms with E-state index in [0.717, 1.165) is 28.5 Å². The summed E-state index contributed by atoms with van der Waals surface area (Å²) >= 11 is 0. The first-order valence-electron chi connectivity index (χ1n) is 8.14. The molecule has 0 aliphatic rings. The maximum atomic E-state index is 12.5. The summed E-state index contributed by atoms with van der Waals surface area (Å²) in [5.41, 5.74) is 5.27. The predicted octanol–water partition coefficient (Wildman–Crippen LogP) is 3.93. The van der Waals surface area contributed by atoms with Gasteiger partial charge in [0, 0.05) is 45.8 Å². The molecule has 0 saturated carbocycles. The zero-order chi connectivity index (χ0) is 16.5. The van der Waals surface area contributed by atoms with Gasteiger partial charge < -0.3 is 15.3 Å². The molecule has 0 saturated heterocycles. The third-order valence-corrected chi connectivity index (χ3v) is 4.53. The average molecular weight is 317 g/mol. The van der Waals surface area contributed by atoms with Crippen molar-refractivity contribution in [1.82, 2.24) is 15.3 Å². The zero-order valence-corrected chi connectivity index (χ0v) is 13.5. The molecule has 0 aliphatic carbocycles. The summed E-state index contributed by atoms with van der Waals surface area (Å²) < 4.78 is 0. The molecule has 4 rings (SSSR count). The van der Waals surface area contributed by atoms with Crippen LogP contribution in [0.3, 0.4) is 0 Å². The fourth-order valence-corrected chi connectivity index (χ4v) is 3.34. The number of aryl methyl sites for hydroxylation is 1. The highest BCUT2D eigenvalue weighted by Crippen LogP contribution is 2.22. The molecule has 4 nitrogen and oxygen atoms in total. The number of carbonyl (C=O) groups is 1. The van der Waals surface area contributed by atoms with Crippen molar-refractivity contribution < 1.29 is 4.79 Å². The Morgan fingerprint density at radius 2 is 1.83 bits per heavy atom. The Hall–Kier alpha value is -3.01. The second-order valence-corrected chi connectivity index (χ2v) is 6.02. The van der Waals surface area contributed by atoms with Gasteiger partial charge in [-0.15, -0.1) is 0 Å². The van der Waals surface area contributed by atoms with Crippen molar-refractivity contribution in [3.05, 3.63) is 71.5 Å². The van der Waals surface area contributed by atoms with Crippen LogP contribution in [-0.4, -0.2) is 22.4 Å². The third kappa shape index (κ3) is 2.46. The molecular weight excluding hydrogens is 298 g/mol. The summed E-state index contributed by atoms with van der Waals surface area (Å²) in [5, 5.41) is 5.23. The number of hydrogen-bond donors (Lipinski definition) is 3.